The van der Waals surface area contributed by atoms with Gasteiger partial charge in [0.25, 0.3) is 0 Å². The zero-order valence-electron chi connectivity index (χ0n) is 24.6. The van der Waals surface area contributed by atoms with Crippen molar-refractivity contribution in [1.82, 2.24) is 19.4 Å². The summed E-state index contributed by atoms with van der Waals surface area (Å²) in [4.78, 5) is 24.5. The number of ether oxygens (including phenoxy) is 3. The Hall–Kier alpha value is -4.72. The number of hydrogen-bond donors (Lipinski definition) is 0. The van der Waals surface area contributed by atoms with Gasteiger partial charge in [0.05, 0.1) is 54.7 Å². The lowest BCUT2D eigenvalue weighted by Gasteiger charge is -2.32. The molecule has 0 unspecified atom stereocenters. The van der Waals surface area contributed by atoms with Crippen LogP contribution in [0.25, 0.3) is 22.0 Å². The summed E-state index contributed by atoms with van der Waals surface area (Å²) in [6.07, 6.45) is 4.76. The molecule has 0 N–H and O–H groups in total. The van der Waals surface area contributed by atoms with Crippen LogP contribution in [0.3, 0.4) is 0 Å². The minimum Gasteiger partial charge on any atom is -0.473 e. The molecule has 0 amide bonds. The van der Waals surface area contributed by atoms with Gasteiger partial charge in [-0.15, -0.1) is 0 Å². The van der Waals surface area contributed by atoms with E-state index in [0.717, 1.165) is 85.5 Å². The molecular formula is C34H33N5O5. The van der Waals surface area contributed by atoms with Crippen molar-refractivity contribution in [2.24, 2.45) is 0 Å². The predicted octanol–water partition coefficient (Wildman–Crippen LogP) is 5.58. The van der Waals surface area contributed by atoms with Gasteiger partial charge in [-0.1, -0.05) is 12.1 Å². The minimum atomic E-state index is -0.351. The highest BCUT2D eigenvalue weighted by Crippen LogP contribution is 2.30. The van der Waals surface area contributed by atoms with Crippen LogP contribution in [0.5, 0.6) is 5.88 Å². The average Bonchev–Trinajstić information content (AvgIpc) is 3.66. The second-order valence-corrected chi connectivity index (χ2v) is 11.4. The van der Waals surface area contributed by atoms with Crippen LogP contribution in [0.1, 0.15) is 58.2 Å². The van der Waals surface area contributed by atoms with Gasteiger partial charge in [0.1, 0.15) is 18.5 Å². The second kappa shape index (κ2) is 12.1. The van der Waals surface area contributed by atoms with E-state index in [4.69, 9.17) is 28.6 Å². The molecule has 2 fully saturated rings. The highest BCUT2D eigenvalue weighted by atomic mass is 16.5. The molecule has 5 aromatic rings. The van der Waals surface area contributed by atoms with E-state index in [0.29, 0.717) is 35.1 Å². The number of methoxy groups -OCH3 is 1. The number of aromatic nitrogens is 3. The van der Waals surface area contributed by atoms with E-state index in [9.17, 15) is 10.1 Å². The summed E-state index contributed by atoms with van der Waals surface area (Å²) in [6.45, 7) is 4.43. The number of esters is 1. The van der Waals surface area contributed by atoms with Gasteiger partial charge in [-0.05, 0) is 68.8 Å². The Labute approximate surface area is 254 Å². The Morgan fingerprint density at radius 1 is 1.09 bits per heavy atom. The molecule has 3 aromatic heterocycles. The third kappa shape index (κ3) is 5.52. The maximum atomic E-state index is 12.2. The maximum absolute atomic E-state index is 12.2. The summed E-state index contributed by atoms with van der Waals surface area (Å²) in [5.41, 5.74) is 5.41. The third-order valence-corrected chi connectivity index (χ3v) is 8.75. The number of piperidine rings is 1. The molecule has 44 heavy (non-hydrogen) atoms. The van der Waals surface area contributed by atoms with Gasteiger partial charge in [0.2, 0.25) is 5.88 Å². The van der Waals surface area contributed by atoms with E-state index in [1.54, 1.807) is 18.4 Å². The van der Waals surface area contributed by atoms with E-state index < -0.39 is 0 Å². The van der Waals surface area contributed by atoms with E-state index in [1.807, 2.05) is 36.4 Å². The number of nitriles is 1. The highest BCUT2D eigenvalue weighted by Gasteiger charge is 2.26. The van der Waals surface area contributed by atoms with Crippen LogP contribution >= 0.6 is 0 Å². The Balaban J connectivity index is 1.01. The first-order valence-electron chi connectivity index (χ1n) is 15.0. The van der Waals surface area contributed by atoms with Gasteiger partial charge in [-0.3, -0.25) is 4.90 Å². The Morgan fingerprint density at radius 3 is 2.73 bits per heavy atom. The molecule has 0 saturated carbocycles. The van der Waals surface area contributed by atoms with Crippen molar-refractivity contribution in [2.45, 2.75) is 51.0 Å². The number of rotatable bonds is 9. The SMILES string of the molecule is COC(=O)c1ccc2nc(CN3CCC(c4cccc(OCc5ccc(C#N)c6occc56)n4)CC3)n(C[C@@H]3CCO3)c2c1. The van der Waals surface area contributed by atoms with Gasteiger partial charge in [0.15, 0.2) is 5.58 Å². The van der Waals surface area contributed by atoms with Crippen molar-refractivity contribution < 1.29 is 23.4 Å². The zero-order chi connectivity index (χ0) is 30.0. The van der Waals surface area contributed by atoms with Gasteiger partial charge in [0, 0.05) is 35.2 Å². The van der Waals surface area contributed by atoms with Crippen molar-refractivity contribution >= 4 is 28.0 Å². The summed E-state index contributed by atoms with van der Waals surface area (Å²) < 4.78 is 24.5. The summed E-state index contributed by atoms with van der Waals surface area (Å²) in [5.74, 6) is 1.56. The Kier molecular flexibility index (Phi) is 7.73. The van der Waals surface area contributed by atoms with Crippen LogP contribution in [0.15, 0.2) is 65.3 Å². The van der Waals surface area contributed by atoms with Crippen molar-refractivity contribution in [2.75, 3.05) is 26.8 Å². The topological polar surface area (TPSA) is 116 Å². The molecule has 5 heterocycles. The average molecular weight is 592 g/mol. The monoisotopic (exact) mass is 591 g/mol. The molecule has 224 valence electrons. The number of carbonyl (C=O) groups excluding carboxylic acids is 1. The zero-order valence-corrected chi connectivity index (χ0v) is 24.6. The van der Waals surface area contributed by atoms with Gasteiger partial charge in [-0.25, -0.2) is 14.8 Å². The maximum Gasteiger partial charge on any atom is 0.337 e. The first-order valence-corrected chi connectivity index (χ1v) is 15.0. The van der Waals surface area contributed by atoms with E-state index >= 15 is 0 Å². The molecule has 0 spiro atoms. The molecule has 0 aliphatic carbocycles. The number of pyridine rings is 1. The fraction of sp³-hybridized carbons (Fsp3) is 0.353. The number of benzene rings is 2. The number of fused-ring (bicyclic) bond motifs is 2. The number of furan rings is 1. The largest absolute Gasteiger partial charge is 0.473 e. The van der Waals surface area contributed by atoms with Crippen molar-refractivity contribution in [3.05, 3.63) is 89.1 Å². The summed E-state index contributed by atoms with van der Waals surface area (Å²) in [6, 6.07) is 19.2. The molecule has 2 aromatic carbocycles. The summed E-state index contributed by atoms with van der Waals surface area (Å²) >= 11 is 0. The lowest BCUT2D eigenvalue weighted by atomic mass is 9.93. The molecule has 10 nitrogen and oxygen atoms in total. The standard InChI is InChI=1S/C34H33N5O5/c1-41-34(40)23-7-8-29-30(17-23)39(19-26-11-15-42-26)31(36-29)20-38-13-9-22(10-14-38)28-3-2-4-32(37-28)44-21-25-6-5-24(18-35)33-27(25)12-16-43-33/h2-8,12,16-17,22,26H,9-11,13-15,19-21H2,1H3/t26-/m0/s1. The minimum absolute atomic E-state index is 0.168. The highest BCUT2D eigenvalue weighted by molar-refractivity contribution is 5.93. The number of likely N-dealkylation sites (tertiary alicyclic amines) is 1. The third-order valence-electron chi connectivity index (χ3n) is 8.75. The number of nitrogens with zero attached hydrogens (tertiary/aromatic N) is 5. The molecule has 7 rings (SSSR count). The Bertz CT molecular complexity index is 1860. The molecule has 2 aliphatic heterocycles. The number of imidazole rings is 1. The Morgan fingerprint density at radius 2 is 1.95 bits per heavy atom. The van der Waals surface area contributed by atoms with E-state index in [2.05, 4.69) is 21.6 Å². The number of carbonyl (C=O) groups is 1. The normalized spacial score (nSPS) is 17.4. The first kappa shape index (κ1) is 28.1. The molecule has 10 heteroatoms. The fourth-order valence-corrected chi connectivity index (χ4v) is 6.19. The quantitative estimate of drug-likeness (QED) is 0.203. The van der Waals surface area contributed by atoms with Crippen LogP contribution in [0.2, 0.25) is 0 Å². The van der Waals surface area contributed by atoms with Crippen LogP contribution in [0, 0.1) is 11.3 Å². The van der Waals surface area contributed by atoms with Crippen molar-refractivity contribution in [3.8, 4) is 11.9 Å². The first-order chi connectivity index (χ1) is 21.6. The summed E-state index contributed by atoms with van der Waals surface area (Å²) in [5, 5.41) is 10.2. The van der Waals surface area contributed by atoms with Crippen LogP contribution < -0.4 is 4.74 Å². The molecule has 2 saturated heterocycles. The molecule has 2 aliphatic rings. The lowest BCUT2D eigenvalue weighted by Crippen LogP contribution is -2.35. The molecular weight excluding hydrogens is 558 g/mol. The smallest absolute Gasteiger partial charge is 0.337 e. The van der Waals surface area contributed by atoms with Crippen LogP contribution in [0.4, 0.5) is 0 Å². The predicted molar refractivity (Wildman–Crippen MR) is 162 cm³/mol. The number of hydrogen-bond acceptors (Lipinski definition) is 9. The van der Waals surface area contributed by atoms with Crippen molar-refractivity contribution in [1.29, 1.82) is 5.26 Å². The van der Waals surface area contributed by atoms with Gasteiger partial charge >= 0.3 is 5.97 Å². The lowest BCUT2D eigenvalue weighted by molar-refractivity contribution is -0.0592. The van der Waals surface area contributed by atoms with Crippen molar-refractivity contribution in [3.63, 3.8) is 0 Å². The van der Waals surface area contributed by atoms with Gasteiger partial charge in [-0.2, -0.15) is 5.26 Å². The van der Waals surface area contributed by atoms with Crippen LogP contribution in [-0.2, 0) is 29.2 Å². The molecule has 1 atom stereocenters. The summed E-state index contributed by atoms with van der Waals surface area (Å²) in [7, 11) is 1.40. The van der Waals surface area contributed by atoms with E-state index in [-0.39, 0.29) is 12.1 Å². The molecule has 0 radical (unpaired) electrons. The fourth-order valence-electron chi connectivity index (χ4n) is 6.19. The van der Waals surface area contributed by atoms with Crippen LogP contribution in [-0.4, -0.2) is 58.3 Å². The van der Waals surface area contributed by atoms with Gasteiger partial charge < -0.3 is 23.2 Å². The van der Waals surface area contributed by atoms with E-state index in [1.165, 1.54) is 7.11 Å². The molecule has 0 bridgehead atoms. The second-order valence-electron chi connectivity index (χ2n) is 11.4.